The molecule has 2 unspecified atom stereocenters. The number of quaternary nitrogens is 1. The van der Waals surface area contributed by atoms with E-state index in [9.17, 15) is 19.5 Å². The van der Waals surface area contributed by atoms with E-state index in [1.165, 1.54) is 83.5 Å². The van der Waals surface area contributed by atoms with Crippen molar-refractivity contribution in [2.24, 2.45) is 0 Å². The third kappa shape index (κ3) is 36.9. The lowest BCUT2D eigenvalue weighted by molar-refractivity contribution is -0.887. The van der Waals surface area contributed by atoms with Crippen molar-refractivity contribution in [2.45, 2.75) is 206 Å². The Morgan fingerprint density at radius 1 is 0.545 bits per heavy atom. The van der Waals surface area contributed by atoms with E-state index in [0.717, 1.165) is 77.0 Å². The highest BCUT2D eigenvalue weighted by Gasteiger charge is 2.31. The first kappa shape index (κ1) is 52.6. The van der Waals surface area contributed by atoms with Gasteiger partial charge in [-0.15, -0.1) is 0 Å². The van der Waals surface area contributed by atoms with Crippen LogP contribution in [0.2, 0.25) is 0 Å². The number of hydrogen-bond donors (Lipinski definition) is 1. The van der Waals surface area contributed by atoms with E-state index in [1.54, 1.807) is 0 Å². The predicted molar refractivity (Wildman–Crippen MR) is 229 cm³/mol. The molecular weight excluding hydrogens is 691 g/mol. The summed E-state index contributed by atoms with van der Waals surface area (Å²) in [6.45, 7) is 4.69. The molecule has 0 aromatic rings. The molecule has 55 heavy (non-hydrogen) atoms. The number of hydrogen-bond acceptors (Lipinski definition) is 6. The van der Waals surface area contributed by atoms with Gasteiger partial charge in [0.25, 0.3) is 0 Å². The lowest BCUT2D eigenvalue weighted by atomic mass is 10.1. The summed E-state index contributed by atoms with van der Waals surface area (Å²) >= 11 is 0. The van der Waals surface area contributed by atoms with Crippen LogP contribution in [0.25, 0.3) is 0 Å². The van der Waals surface area contributed by atoms with Crippen LogP contribution in [0, 0.1) is 0 Å². The minimum atomic E-state index is -0.878. The van der Waals surface area contributed by atoms with Crippen LogP contribution in [0.5, 0.6) is 0 Å². The molecule has 0 heterocycles. The van der Waals surface area contributed by atoms with Gasteiger partial charge in [0.15, 0.2) is 12.1 Å². The van der Waals surface area contributed by atoms with Gasteiger partial charge in [0, 0.05) is 19.3 Å². The highest BCUT2D eigenvalue weighted by molar-refractivity contribution is 5.72. The van der Waals surface area contributed by atoms with Crippen molar-refractivity contribution in [1.29, 1.82) is 0 Å². The van der Waals surface area contributed by atoms with Crippen molar-refractivity contribution in [1.82, 2.24) is 0 Å². The average Bonchev–Trinajstić information content (AvgIpc) is 3.14. The minimum absolute atomic E-state index is 0.0537. The Hall–Kier alpha value is -2.45. The predicted octanol–water partition coefficient (Wildman–Crippen LogP) is 12.2. The molecule has 0 bridgehead atoms. The van der Waals surface area contributed by atoms with Gasteiger partial charge in [-0.3, -0.25) is 9.59 Å². The van der Waals surface area contributed by atoms with Gasteiger partial charge in [0.2, 0.25) is 0 Å². The topological polar surface area (TPSA) is 99.1 Å². The normalized spacial score (nSPS) is 13.3. The Bertz CT molecular complexity index is 1000. The van der Waals surface area contributed by atoms with Crippen LogP contribution in [0.1, 0.15) is 194 Å². The lowest BCUT2D eigenvalue weighted by Crippen LogP contribution is -2.50. The van der Waals surface area contributed by atoms with Gasteiger partial charge in [-0.05, 0) is 70.6 Å². The van der Waals surface area contributed by atoms with Gasteiger partial charge >= 0.3 is 17.9 Å². The van der Waals surface area contributed by atoms with Crippen LogP contribution < -0.4 is 0 Å². The first-order valence-electron chi connectivity index (χ1n) is 22.5. The second kappa shape index (κ2) is 38.4. The fourth-order valence-electron chi connectivity index (χ4n) is 6.47. The minimum Gasteiger partial charge on any atom is -0.477 e. The van der Waals surface area contributed by atoms with Crippen LogP contribution in [0.4, 0.5) is 0 Å². The Labute approximate surface area is 338 Å². The molecule has 0 amide bonds. The summed E-state index contributed by atoms with van der Waals surface area (Å²) < 4.78 is 17.3. The van der Waals surface area contributed by atoms with Gasteiger partial charge in [-0.1, -0.05) is 140 Å². The molecular formula is C47H86NO7+. The molecule has 0 fully saturated rings. The van der Waals surface area contributed by atoms with Crippen molar-refractivity contribution in [3.05, 3.63) is 36.5 Å². The highest BCUT2D eigenvalue weighted by Crippen LogP contribution is 2.13. The van der Waals surface area contributed by atoms with Crippen LogP contribution >= 0.6 is 0 Å². The summed E-state index contributed by atoms with van der Waals surface area (Å²) in [6.07, 6.45) is 43.2. The molecule has 8 heteroatoms. The maximum Gasteiger partial charge on any atom is 0.362 e. The molecule has 2 atom stereocenters. The smallest absolute Gasteiger partial charge is 0.362 e. The zero-order valence-electron chi connectivity index (χ0n) is 36.4. The molecule has 0 rings (SSSR count). The number of carbonyl (C=O) groups excluding carboxylic acids is 2. The summed E-state index contributed by atoms with van der Waals surface area (Å²) in [6, 6.07) is -0.617. The van der Waals surface area contributed by atoms with E-state index in [4.69, 9.17) is 14.2 Å². The maximum atomic E-state index is 12.7. The summed E-state index contributed by atoms with van der Waals surface area (Å²) in [5.74, 6) is -1.49. The molecule has 0 saturated heterocycles. The van der Waals surface area contributed by atoms with Crippen LogP contribution in [0.3, 0.4) is 0 Å². The van der Waals surface area contributed by atoms with E-state index in [2.05, 4.69) is 50.3 Å². The maximum absolute atomic E-state index is 12.7. The molecule has 0 aliphatic carbocycles. The van der Waals surface area contributed by atoms with Gasteiger partial charge in [-0.2, -0.15) is 0 Å². The summed E-state index contributed by atoms with van der Waals surface area (Å²) in [5, 5.41) is 9.62. The number of rotatable bonds is 40. The van der Waals surface area contributed by atoms with E-state index in [0.29, 0.717) is 19.3 Å². The van der Waals surface area contributed by atoms with E-state index in [-0.39, 0.29) is 36.2 Å². The summed E-state index contributed by atoms with van der Waals surface area (Å²) in [4.78, 5) is 37.0. The molecule has 1 N–H and O–H groups in total. The third-order valence-electron chi connectivity index (χ3n) is 10.0. The average molecular weight is 777 g/mol. The monoisotopic (exact) mass is 777 g/mol. The molecule has 0 aliphatic heterocycles. The summed E-state index contributed by atoms with van der Waals surface area (Å²) in [5.41, 5.74) is 0. The Morgan fingerprint density at radius 2 is 0.964 bits per heavy atom. The SMILES string of the molecule is CCCCCC/C=C\C/C=C\CCCCCCCC(=O)OC(COCCC(C(=O)O)[N+](C)(C)C)COC(=O)CCCCCCC/C=C\CCCCCCCC. The number of carboxylic acids is 1. The van der Waals surface area contributed by atoms with Crippen molar-refractivity contribution < 1.29 is 38.2 Å². The number of aliphatic carboxylic acids is 1. The van der Waals surface area contributed by atoms with Gasteiger partial charge in [0.1, 0.15) is 6.61 Å². The van der Waals surface area contributed by atoms with Gasteiger partial charge in [0.05, 0.1) is 34.4 Å². The molecule has 0 spiro atoms. The number of ether oxygens (including phenoxy) is 3. The number of unbranched alkanes of at least 4 members (excludes halogenated alkanes) is 20. The van der Waals surface area contributed by atoms with Crippen LogP contribution in [-0.4, -0.2) is 80.6 Å². The van der Waals surface area contributed by atoms with Crippen molar-refractivity contribution >= 4 is 17.9 Å². The Morgan fingerprint density at radius 3 is 1.44 bits per heavy atom. The van der Waals surface area contributed by atoms with Gasteiger partial charge < -0.3 is 23.8 Å². The quantitative estimate of drug-likeness (QED) is 0.0286. The van der Waals surface area contributed by atoms with E-state index in [1.807, 2.05) is 21.1 Å². The molecule has 0 aromatic heterocycles. The number of nitrogens with zero attached hydrogens (tertiary/aromatic N) is 1. The van der Waals surface area contributed by atoms with E-state index < -0.39 is 18.1 Å². The number of esters is 2. The number of carbonyl (C=O) groups is 3. The molecule has 8 nitrogen and oxygen atoms in total. The van der Waals surface area contributed by atoms with Gasteiger partial charge in [-0.25, -0.2) is 4.79 Å². The van der Waals surface area contributed by atoms with Crippen LogP contribution in [0.15, 0.2) is 36.5 Å². The number of allylic oxidation sites excluding steroid dienone is 6. The molecule has 0 aliphatic rings. The highest BCUT2D eigenvalue weighted by atomic mass is 16.6. The molecule has 0 saturated carbocycles. The van der Waals surface area contributed by atoms with Crippen molar-refractivity contribution in [2.75, 3.05) is 41.0 Å². The molecule has 0 radical (unpaired) electrons. The Balaban J connectivity index is 4.37. The number of likely N-dealkylation sites (N-methyl/N-ethyl adjacent to an activating group) is 1. The zero-order chi connectivity index (χ0) is 40.7. The zero-order valence-corrected chi connectivity index (χ0v) is 36.4. The standard InChI is InChI=1S/C47H85NO7/c1-6-8-10-12-14-16-18-20-22-24-26-28-30-32-34-36-38-46(50)55-43(41-53-40-39-44(47(51)52)48(3,4)5)42-54-45(49)37-35-33-31-29-27-25-23-21-19-17-15-13-11-9-7-2/h16,18,21-24,43-44H,6-15,17,19-20,25-42H2,1-5H3/p+1/b18-16-,23-21-,24-22-. The van der Waals surface area contributed by atoms with Crippen molar-refractivity contribution in [3.8, 4) is 0 Å². The lowest BCUT2D eigenvalue weighted by Gasteiger charge is -2.31. The second-order valence-corrected chi connectivity index (χ2v) is 16.3. The third-order valence-corrected chi connectivity index (χ3v) is 10.0. The van der Waals surface area contributed by atoms with Crippen molar-refractivity contribution in [3.63, 3.8) is 0 Å². The fourth-order valence-corrected chi connectivity index (χ4v) is 6.47. The molecule has 0 aromatic carbocycles. The fraction of sp³-hybridized carbons (Fsp3) is 0.809. The first-order chi connectivity index (χ1) is 26.6. The summed E-state index contributed by atoms with van der Waals surface area (Å²) in [7, 11) is 5.52. The first-order valence-corrected chi connectivity index (χ1v) is 22.5. The van der Waals surface area contributed by atoms with Crippen LogP contribution in [-0.2, 0) is 28.6 Å². The molecule has 320 valence electrons. The second-order valence-electron chi connectivity index (χ2n) is 16.3. The Kier molecular flexibility index (Phi) is 36.7. The number of carboxylic acid groups (broad SMARTS) is 1. The van der Waals surface area contributed by atoms with E-state index >= 15 is 0 Å². The largest absolute Gasteiger partial charge is 0.477 e.